The number of rotatable bonds is 4. The number of nitrogens with zero attached hydrogens (tertiary/aromatic N) is 3. The summed E-state index contributed by atoms with van der Waals surface area (Å²) in [7, 11) is -1.51. The molecule has 27 heavy (non-hydrogen) atoms. The molecule has 1 aromatic carbocycles. The van der Waals surface area contributed by atoms with Crippen molar-refractivity contribution in [3.8, 4) is 10.8 Å². The standard InChI is InChI=1S/C17H18N4O3S2.ClH/c1-21-10-9-18-11-13(21)16-19-17(24-20-16)14-7-8-15(25-14)26(22,23)12-5-3-2-4-6-12;/h2-8,13,18H,9-11H2,1H3;1H. The molecule has 3 heterocycles. The summed E-state index contributed by atoms with van der Waals surface area (Å²) in [6.07, 6.45) is 0. The van der Waals surface area contributed by atoms with Gasteiger partial charge in [0.1, 0.15) is 4.21 Å². The van der Waals surface area contributed by atoms with Gasteiger partial charge in [0.2, 0.25) is 9.84 Å². The van der Waals surface area contributed by atoms with E-state index in [0.717, 1.165) is 31.0 Å². The monoisotopic (exact) mass is 426 g/mol. The average Bonchev–Trinajstić information content (AvgIpc) is 3.32. The van der Waals surface area contributed by atoms with Crippen molar-refractivity contribution in [2.45, 2.75) is 15.1 Å². The predicted octanol–water partition coefficient (Wildman–Crippen LogP) is 2.63. The number of sulfone groups is 1. The van der Waals surface area contributed by atoms with Crippen molar-refractivity contribution in [1.82, 2.24) is 20.4 Å². The zero-order valence-electron chi connectivity index (χ0n) is 14.5. The van der Waals surface area contributed by atoms with E-state index in [9.17, 15) is 8.42 Å². The van der Waals surface area contributed by atoms with Crippen LogP contribution in [0.25, 0.3) is 10.8 Å². The molecule has 3 aromatic rings. The van der Waals surface area contributed by atoms with Crippen LogP contribution < -0.4 is 5.32 Å². The number of thiophene rings is 1. The number of hydrogen-bond acceptors (Lipinski definition) is 8. The van der Waals surface area contributed by atoms with Gasteiger partial charge in [-0.25, -0.2) is 8.42 Å². The van der Waals surface area contributed by atoms with E-state index in [1.807, 2.05) is 7.05 Å². The quantitative estimate of drug-likeness (QED) is 0.685. The number of hydrogen-bond donors (Lipinski definition) is 1. The normalized spacial score (nSPS) is 18.2. The second-order valence-electron chi connectivity index (χ2n) is 6.09. The van der Waals surface area contributed by atoms with E-state index in [-0.39, 0.29) is 27.6 Å². The molecule has 0 amide bonds. The first-order valence-corrected chi connectivity index (χ1v) is 10.5. The number of aromatic nitrogens is 2. The number of nitrogens with one attached hydrogen (secondary N) is 1. The van der Waals surface area contributed by atoms with E-state index in [2.05, 4.69) is 20.4 Å². The molecule has 0 saturated carbocycles. The van der Waals surface area contributed by atoms with Gasteiger partial charge in [-0.2, -0.15) is 4.98 Å². The minimum absolute atomic E-state index is 0. The van der Waals surface area contributed by atoms with Crippen LogP contribution in [0.2, 0.25) is 0 Å². The summed E-state index contributed by atoms with van der Waals surface area (Å²) < 4.78 is 31.0. The molecule has 144 valence electrons. The topological polar surface area (TPSA) is 88.3 Å². The predicted molar refractivity (Wildman–Crippen MR) is 105 cm³/mol. The van der Waals surface area contributed by atoms with Crippen molar-refractivity contribution in [2.24, 2.45) is 0 Å². The lowest BCUT2D eigenvalue weighted by Gasteiger charge is -2.30. The summed E-state index contributed by atoms with van der Waals surface area (Å²) in [5.41, 5.74) is 0. The molecule has 2 aromatic heterocycles. The molecule has 1 aliphatic heterocycles. The fourth-order valence-corrected chi connectivity index (χ4v) is 5.51. The second-order valence-corrected chi connectivity index (χ2v) is 9.35. The van der Waals surface area contributed by atoms with Crippen LogP contribution >= 0.6 is 23.7 Å². The molecule has 0 aliphatic carbocycles. The van der Waals surface area contributed by atoms with Crippen LogP contribution in [-0.2, 0) is 9.84 Å². The van der Waals surface area contributed by atoms with Gasteiger partial charge in [-0.05, 0) is 31.3 Å². The smallest absolute Gasteiger partial charge is 0.268 e. The molecular weight excluding hydrogens is 408 g/mol. The van der Waals surface area contributed by atoms with Crippen LogP contribution in [0.5, 0.6) is 0 Å². The zero-order chi connectivity index (χ0) is 18.1. The maximum absolute atomic E-state index is 12.7. The Bertz CT molecular complexity index is 1000. The lowest BCUT2D eigenvalue weighted by Crippen LogP contribution is -2.44. The summed E-state index contributed by atoms with van der Waals surface area (Å²) in [6, 6.07) is 11.7. The Morgan fingerprint density at radius 2 is 2.00 bits per heavy atom. The van der Waals surface area contributed by atoms with Crippen molar-refractivity contribution >= 4 is 33.6 Å². The highest BCUT2D eigenvalue weighted by Crippen LogP contribution is 2.33. The van der Waals surface area contributed by atoms with Crippen LogP contribution in [0.1, 0.15) is 11.9 Å². The van der Waals surface area contributed by atoms with Gasteiger partial charge in [-0.15, -0.1) is 23.7 Å². The van der Waals surface area contributed by atoms with Crippen LogP contribution in [0.4, 0.5) is 0 Å². The molecule has 4 rings (SSSR count). The Kier molecular flexibility index (Phi) is 5.97. The first-order valence-electron chi connectivity index (χ1n) is 8.20. The van der Waals surface area contributed by atoms with Crippen molar-refractivity contribution in [2.75, 3.05) is 26.7 Å². The summed E-state index contributed by atoms with van der Waals surface area (Å²) >= 11 is 1.14. The van der Waals surface area contributed by atoms with Gasteiger partial charge in [-0.3, -0.25) is 4.90 Å². The second kappa shape index (κ2) is 8.07. The fourth-order valence-electron chi connectivity index (χ4n) is 2.86. The number of halogens is 1. The van der Waals surface area contributed by atoms with Gasteiger partial charge in [0.15, 0.2) is 5.82 Å². The van der Waals surface area contributed by atoms with Gasteiger partial charge < -0.3 is 9.84 Å². The third-order valence-corrected chi connectivity index (χ3v) is 7.70. The third-order valence-electron chi connectivity index (χ3n) is 4.36. The number of benzene rings is 1. The van der Waals surface area contributed by atoms with Crippen molar-refractivity contribution < 1.29 is 12.9 Å². The fraction of sp³-hybridized carbons (Fsp3) is 0.294. The van der Waals surface area contributed by atoms with E-state index < -0.39 is 9.84 Å². The Hall–Kier alpha value is -1.78. The van der Waals surface area contributed by atoms with Crippen LogP contribution in [-0.4, -0.2) is 50.1 Å². The third kappa shape index (κ3) is 3.92. The molecule has 1 saturated heterocycles. The first-order chi connectivity index (χ1) is 12.6. The summed E-state index contributed by atoms with van der Waals surface area (Å²) in [4.78, 5) is 7.57. The minimum atomic E-state index is -3.54. The molecule has 1 aliphatic rings. The highest BCUT2D eigenvalue weighted by atomic mass is 35.5. The van der Waals surface area contributed by atoms with E-state index in [0.29, 0.717) is 16.6 Å². The molecule has 0 spiro atoms. The Morgan fingerprint density at radius 3 is 2.74 bits per heavy atom. The molecule has 7 nitrogen and oxygen atoms in total. The molecule has 1 atom stereocenters. The van der Waals surface area contributed by atoms with Gasteiger partial charge in [0.25, 0.3) is 5.89 Å². The van der Waals surface area contributed by atoms with E-state index in [4.69, 9.17) is 4.52 Å². The van der Waals surface area contributed by atoms with Gasteiger partial charge >= 0.3 is 0 Å². The lowest BCUT2D eigenvalue weighted by molar-refractivity contribution is 0.190. The Balaban J connectivity index is 0.00000210. The lowest BCUT2D eigenvalue weighted by atomic mass is 10.2. The van der Waals surface area contributed by atoms with E-state index in [1.54, 1.807) is 42.5 Å². The Morgan fingerprint density at radius 1 is 1.22 bits per heavy atom. The van der Waals surface area contributed by atoms with Gasteiger partial charge in [0.05, 0.1) is 15.8 Å². The SMILES string of the molecule is CN1CCNCC1c1noc(-c2ccc(S(=O)(=O)c3ccccc3)s2)n1.Cl. The highest BCUT2D eigenvalue weighted by molar-refractivity contribution is 7.93. The van der Waals surface area contributed by atoms with Crippen LogP contribution in [0.15, 0.2) is 56.1 Å². The molecule has 1 fully saturated rings. The largest absolute Gasteiger partial charge is 0.333 e. The van der Waals surface area contributed by atoms with Crippen molar-refractivity contribution in [3.05, 3.63) is 48.3 Å². The maximum atomic E-state index is 12.7. The van der Waals surface area contributed by atoms with Crippen LogP contribution in [0, 0.1) is 0 Å². The van der Waals surface area contributed by atoms with E-state index >= 15 is 0 Å². The summed E-state index contributed by atoms with van der Waals surface area (Å²) in [5, 5.41) is 7.40. The molecule has 1 unspecified atom stereocenters. The summed E-state index contributed by atoms with van der Waals surface area (Å²) in [5.74, 6) is 0.953. The van der Waals surface area contributed by atoms with Crippen molar-refractivity contribution in [3.63, 3.8) is 0 Å². The highest BCUT2D eigenvalue weighted by Gasteiger charge is 2.26. The molecule has 0 radical (unpaired) electrons. The number of likely N-dealkylation sites (N-methyl/N-ethyl adjacent to an activating group) is 1. The van der Waals surface area contributed by atoms with E-state index in [1.165, 1.54) is 0 Å². The van der Waals surface area contributed by atoms with Gasteiger partial charge in [0, 0.05) is 19.6 Å². The molecule has 0 bridgehead atoms. The molecule has 10 heteroatoms. The zero-order valence-corrected chi connectivity index (χ0v) is 17.0. The summed E-state index contributed by atoms with van der Waals surface area (Å²) in [6.45, 7) is 2.60. The van der Waals surface area contributed by atoms with Crippen LogP contribution in [0.3, 0.4) is 0 Å². The van der Waals surface area contributed by atoms with Gasteiger partial charge in [-0.1, -0.05) is 23.4 Å². The number of piperazine rings is 1. The molecule has 1 N–H and O–H groups in total. The Labute approximate surface area is 167 Å². The minimum Gasteiger partial charge on any atom is -0.333 e. The average molecular weight is 427 g/mol. The van der Waals surface area contributed by atoms with Crippen molar-refractivity contribution in [1.29, 1.82) is 0 Å². The molecular formula is C17H19ClN4O3S2. The first kappa shape index (κ1) is 20.0. The maximum Gasteiger partial charge on any atom is 0.268 e.